The lowest BCUT2D eigenvalue weighted by Crippen LogP contribution is -2.49. The van der Waals surface area contributed by atoms with Gasteiger partial charge in [-0.25, -0.2) is 0 Å². The van der Waals surface area contributed by atoms with Crippen molar-refractivity contribution >= 4 is 11.6 Å². The molecule has 0 bridgehead atoms. The lowest BCUT2D eigenvalue weighted by Gasteiger charge is -2.28. The average molecular weight is 248 g/mol. The number of anilines is 1. The van der Waals surface area contributed by atoms with E-state index in [2.05, 4.69) is 5.32 Å². The zero-order valence-electron chi connectivity index (χ0n) is 10.7. The van der Waals surface area contributed by atoms with Crippen LogP contribution in [-0.2, 0) is 0 Å². The van der Waals surface area contributed by atoms with Gasteiger partial charge in [-0.3, -0.25) is 4.79 Å². The van der Waals surface area contributed by atoms with Crippen molar-refractivity contribution in [3.05, 3.63) is 29.3 Å². The minimum atomic E-state index is -0.451. The van der Waals surface area contributed by atoms with E-state index < -0.39 is 5.54 Å². The van der Waals surface area contributed by atoms with Crippen LogP contribution in [0, 0.1) is 6.92 Å². The average Bonchev–Trinajstić information content (AvgIpc) is 2.81. The first-order valence-corrected chi connectivity index (χ1v) is 6.36. The Bertz CT molecular complexity index is 451. The van der Waals surface area contributed by atoms with Crippen molar-refractivity contribution in [1.82, 2.24) is 5.32 Å². The minimum Gasteiger partial charge on any atom is -0.398 e. The molecule has 18 heavy (non-hydrogen) atoms. The maximum atomic E-state index is 12.2. The summed E-state index contributed by atoms with van der Waals surface area (Å²) in [6.45, 7) is 1.87. The van der Waals surface area contributed by atoms with Crippen molar-refractivity contribution in [1.29, 1.82) is 0 Å². The quantitative estimate of drug-likeness (QED) is 0.711. The lowest BCUT2D eigenvalue weighted by atomic mass is 9.97. The molecule has 0 heterocycles. The zero-order valence-corrected chi connectivity index (χ0v) is 10.7. The summed E-state index contributed by atoms with van der Waals surface area (Å²) in [6.07, 6.45) is 3.76. The van der Waals surface area contributed by atoms with Crippen LogP contribution in [0.25, 0.3) is 0 Å². The summed E-state index contributed by atoms with van der Waals surface area (Å²) in [5.74, 6) is -0.188. The van der Waals surface area contributed by atoms with Gasteiger partial charge >= 0.3 is 0 Å². The number of hydrogen-bond acceptors (Lipinski definition) is 3. The predicted octanol–water partition coefficient (Wildman–Crippen LogP) is 1.61. The third-order valence-corrected chi connectivity index (χ3v) is 3.81. The number of benzene rings is 1. The van der Waals surface area contributed by atoms with Gasteiger partial charge in [0.15, 0.2) is 0 Å². The van der Waals surface area contributed by atoms with Crippen LogP contribution < -0.4 is 11.1 Å². The molecule has 2 rings (SSSR count). The molecule has 1 aliphatic carbocycles. The van der Waals surface area contributed by atoms with E-state index >= 15 is 0 Å². The molecule has 1 fully saturated rings. The zero-order chi connectivity index (χ0) is 13.2. The molecule has 1 aromatic rings. The maximum Gasteiger partial charge on any atom is 0.253 e. The number of rotatable bonds is 3. The Morgan fingerprint density at radius 3 is 2.72 bits per heavy atom. The van der Waals surface area contributed by atoms with E-state index in [-0.39, 0.29) is 12.5 Å². The highest BCUT2D eigenvalue weighted by atomic mass is 16.3. The molecule has 0 spiro atoms. The van der Waals surface area contributed by atoms with E-state index in [1.165, 1.54) is 0 Å². The fraction of sp³-hybridized carbons (Fsp3) is 0.500. The molecule has 98 valence electrons. The normalized spacial score (nSPS) is 17.7. The molecule has 4 heteroatoms. The first-order chi connectivity index (χ1) is 8.58. The minimum absolute atomic E-state index is 0.00946. The number of nitrogens with two attached hydrogens (primary N) is 1. The van der Waals surface area contributed by atoms with Gasteiger partial charge in [0.1, 0.15) is 0 Å². The van der Waals surface area contributed by atoms with E-state index in [1.807, 2.05) is 19.1 Å². The van der Waals surface area contributed by atoms with E-state index in [4.69, 9.17) is 5.73 Å². The van der Waals surface area contributed by atoms with Crippen LogP contribution in [0.3, 0.4) is 0 Å². The molecule has 1 aliphatic rings. The second kappa shape index (κ2) is 4.98. The van der Waals surface area contributed by atoms with E-state index in [1.54, 1.807) is 6.07 Å². The topological polar surface area (TPSA) is 75.3 Å². The van der Waals surface area contributed by atoms with Crippen molar-refractivity contribution in [3.63, 3.8) is 0 Å². The van der Waals surface area contributed by atoms with Gasteiger partial charge in [0.25, 0.3) is 5.91 Å². The third kappa shape index (κ3) is 2.34. The maximum absolute atomic E-state index is 12.2. The molecule has 1 amide bonds. The van der Waals surface area contributed by atoms with Gasteiger partial charge in [-0.2, -0.15) is 0 Å². The smallest absolute Gasteiger partial charge is 0.253 e. The van der Waals surface area contributed by atoms with E-state index in [9.17, 15) is 9.90 Å². The number of aliphatic hydroxyl groups is 1. The fourth-order valence-corrected chi connectivity index (χ4v) is 2.56. The SMILES string of the molecule is Cc1cccc(C(=O)NC2(CO)CCCC2)c1N. The number of para-hydroxylation sites is 1. The highest BCUT2D eigenvalue weighted by molar-refractivity contribution is 6.00. The summed E-state index contributed by atoms with van der Waals surface area (Å²) in [5, 5.41) is 12.4. The summed E-state index contributed by atoms with van der Waals surface area (Å²) in [6, 6.07) is 5.42. The second-order valence-electron chi connectivity index (χ2n) is 5.14. The lowest BCUT2D eigenvalue weighted by molar-refractivity contribution is 0.0839. The number of aryl methyl sites for hydroxylation is 1. The van der Waals surface area contributed by atoms with E-state index in [0.717, 1.165) is 31.2 Å². The summed E-state index contributed by atoms with van der Waals surface area (Å²) in [7, 11) is 0. The van der Waals surface area contributed by atoms with Crippen LogP contribution >= 0.6 is 0 Å². The van der Waals surface area contributed by atoms with Crippen molar-refractivity contribution in [2.45, 2.75) is 38.1 Å². The molecular weight excluding hydrogens is 228 g/mol. The molecule has 1 saturated carbocycles. The standard InChI is InChI=1S/C14H20N2O2/c1-10-5-4-6-11(12(10)15)13(18)16-14(9-17)7-2-3-8-14/h4-6,17H,2-3,7-9,15H2,1H3,(H,16,18). The predicted molar refractivity (Wildman–Crippen MR) is 71.3 cm³/mol. The van der Waals surface area contributed by atoms with Gasteiger partial charge in [0, 0.05) is 5.69 Å². The van der Waals surface area contributed by atoms with Gasteiger partial charge in [-0.05, 0) is 31.4 Å². The molecule has 0 atom stereocenters. The van der Waals surface area contributed by atoms with Gasteiger partial charge in [-0.15, -0.1) is 0 Å². The molecule has 0 radical (unpaired) electrons. The molecule has 0 saturated heterocycles. The second-order valence-corrected chi connectivity index (χ2v) is 5.14. The molecular formula is C14H20N2O2. The van der Waals surface area contributed by atoms with Crippen LogP contribution in [0.5, 0.6) is 0 Å². The van der Waals surface area contributed by atoms with Crippen LogP contribution in [0.1, 0.15) is 41.6 Å². The Balaban J connectivity index is 2.19. The van der Waals surface area contributed by atoms with Crippen LogP contribution in [0.2, 0.25) is 0 Å². The summed E-state index contributed by atoms with van der Waals surface area (Å²) in [5.41, 5.74) is 7.37. The highest BCUT2D eigenvalue weighted by Gasteiger charge is 2.35. The summed E-state index contributed by atoms with van der Waals surface area (Å²) in [4.78, 5) is 12.2. The molecule has 4 nitrogen and oxygen atoms in total. The number of amides is 1. The Labute approximate surface area is 107 Å². The number of aliphatic hydroxyl groups excluding tert-OH is 1. The van der Waals surface area contributed by atoms with Crippen molar-refractivity contribution in [2.75, 3.05) is 12.3 Å². The van der Waals surface area contributed by atoms with Crippen LogP contribution in [0.15, 0.2) is 18.2 Å². The number of nitrogen functional groups attached to an aromatic ring is 1. The van der Waals surface area contributed by atoms with Crippen LogP contribution in [-0.4, -0.2) is 23.2 Å². The largest absolute Gasteiger partial charge is 0.398 e. The number of nitrogens with one attached hydrogen (secondary N) is 1. The van der Waals surface area contributed by atoms with Gasteiger partial charge < -0.3 is 16.2 Å². The van der Waals surface area contributed by atoms with Crippen molar-refractivity contribution in [2.24, 2.45) is 0 Å². The number of hydrogen-bond donors (Lipinski definition) is 3. The van der Waals surface area contributed by atoms with E-state index in [0.29, 0.717) is 11.3 Å². The van der Waals surface area contributed by atoms with Gasteiger partial charge in [0.05, 0.1) is 17.7 Å². The van der Waals surface area contributed by atoms with Crippen molar-refractivity contribution in [3.8, 4) is 0 Å². The van der Waals surface area contributed by atoms with Crippen LogP contribution in [0.4, 0.5) is 5.69 Å². The molecule has 1 aromatic carbocycles. The Morgan fingerprint density at radius 1 is 1.44 bits per heavy atom. The Morgan fingerprint density at radius 2 is 2.11 bits per heavy atom. The van der Waals surface area contributed by atoms with Gasteiger partial charge in [-0.1, -0.05) is 25.0 Å². The first-order valence-electron chi connectivity index (χ1n) is 6.36. The van der Waals surface area contributed by atoms with Crippen molar-refractivity contribution < 1.29 is 9.90 Å². The monoisotopic (exact) mass is 248 g/mol. The molecule has 4 N–H and O–H groups in total. The number of carbonyl (C=O) groups is 1. The Hall–Kier alpha value is -1.55. The number of carbonyl (C=O) groups excluding carboxylic acids is 1. The Kier molecular flexibility index (Phi) is 3.57. The third-order valence-electron chi connectivity index (χ3n) is 3.81. The summed E-state index contributed by atoms with van der Waals surface area (Å²) >= 11 is 0. The molecule has 0 unspecified atom stereocenters. The highest BCUT2D eigenvalue weighted by Crippen LogP contribution is 2.30. The summed E-state index contributed by atoms with van der Waals surface area (Å²) < 4.78 is 0. The molecule has 0 aromatic heterocycles. The fourth-order valence-electron chi connectivity index (χ4n) is 2.56. The molecule has 0 aliphatic heterocycles. The van der Waals surface area contributed by atoms with Gasteiger partial charge in [0.2, 0.25) is 0 Å². The first kappa shape index (κ1) is 12.9.